The van der Waals surface area contributed by atoms with Crippen LogP contribution in [0.3, 0.4) is 0 Å². The number of carbonyl (C=O) groups excluding carboxylic acids is 1. The number of alkyl halides is 1. The third kappa shape index (κ3) is 1.17. The van der Waals surface area contributed by atoms with Gasteiger partial charge in [0.25, 0.3) is 0 Å². The largest absolute Gasteiger partial charge is 0.376 e. The van der Waals surface area contributed by atoms with E-state index in [-0.39, 0.29) is 17.3 Å². The van der Waals surface area contributed by atoms with Crippen LogP contribution in [0, 0.1) is 0 Å². The maximum Gasteiger partial charge on any atom is 0.238 e. The summed E-state index contributed by atoms with van der Waals surface area (Å²) in [4.78, 5) is 13.7. The van der Waals surface area contributed by atoms with E-state index >= 15 is 0 Å². The lowest BCUT2D eigenvalue weighted by molar-refractivity contribution is -0.176. The van der Waals surface area contributed by atoms with E-state index in [2.05, 4.69) is 16.8 Å². The van der Waals surface area contributed by atoms with Gasteiger partial charge in [0.15, 0.2) is 0 Å². The summed E-state index contributed by atoms with van der Waals surface area (Å²) in [5.74, 6) is 0.0417. The molecular formula is C11H13ClN2O2. The molecule has 0 saturated carbocycles. The second-order valence-electron chi connectivity index (χ2n) is 4.29. The Bertz CT molecular complexity index is 425. The molecule has 4 nitrogen and oxygen atoms in total. The van der Waals surface area contributed by atoms with Crippen LogP contribution in [0.15, 0.2) is 18.3 Å². The molecule has 5 heteroatoms. The second-order valence-corrected chi connectivity index (χ2v) is 4.56. The molecule has 1 aromatic rings. The highest BCUT2D eigenvalue weighted by Gasteiger charge is 2.51. The number of halogens is 1. The number of carbonyl (C=O) groups is 1. The monoisotopic (exact) mass is 240 g/mol. The van der Waals surface area contributed by atoms with E-state index in [0.717, 1.165) is 13.1 Å². The molecule has 16 heavy (non-hydrogen) atoms. The standard InChI is InChI=1S/C11H13ClN2O2/c12-6-10(15)14-5-4-13-3-1-2-9(13)11(14)7-16-8-11/h1-3H,4-8H2. The molecular weight excluding hydrogens is 228 g/mol. The van der Waals surface area contributed by atoms with E-state index in [1.165, 1.54) is 5.69 Å². The summed E-state index contributed by atoms with van der Waals surface area (Å²) in [6, 6.07) is 4.08. The maximum absolute atomic E-state index is 11.8. The molecule has 1 amide bonds. The third-order valence-corrected chi connectivity index (χ3v) is 3.71. The normalized spacial score (nSPS) is 21.7. The average molecular weight is 241 g/mol. The molecule has 0 aliphatic carbocycles. The number of hydrogen-bond acceptors (Lipinski definition) is 2. The fraction of sp³-hybridized carbons (Fsp3) is 0.545. The lowest BCUT2D eigenvalue weighted by Crippen LogP contribution is -2.65. The van der Waals surface area contributed by atoms with E-state index < -0.39 is 0 Å². The highest BCUT2D eigenvalue weighted by Crippen LogP contribution is 2.39. The zero-order valence-corrected chi connectivity index (χ0v) is 9.61. The molecule has 3 heterocycles. The first-order valence-electron chi connectivity index (χ1n) is 5.38. The number of rotatable bonds is 1. The molecule has 0 radical (unpaired) electrons. The molecule has 1 aromatic heterocycles. The molecule has 3 rings (SSSR count). The van der Waals surface area contributed by atoms with E-state index in [1.807, 2.05) is 11.0 Å². The van der Waals surface area contributed by atoms with Crippen LogP contribution in [-0.4, -0.2) is 41.0 Å². The number of aromatic nitrogens is 1. The van der Waals surface area contributed by atoms with Crippen LogP contribution in [0.25, 0.3) is 0 Å². The Morgan fingerprint density at radius 2 is 2.31 bits per heavy atom. The molecule has 86 valence electrons. The van der Waals surface area contributed by atoms with Gasteiger partial charge in [0, 0.05) is 25.0 Å². The first-order valence-corrected chi connectivity index (χ1v) is 5.91. The molecule has 0 N–H and O–H groups in total. The summed E-state index contributed by atoms with van der Waals surface area (Å²) < 4.78 is 7.51. The maximum atomic E-state index is 11.8. The minimum atomic E-state index is -0.256. The number of fused-ring (bicyclic) bond motifs is 2. The van der Waals surface area contributed by atoms with E-state index in [1.54, 1.807) is 0 Å². The van der Waals surface area contributed by atoms with Crippen molar-refractivity contribution in [2.75, 3.05) is 25.6 Å². The number of amides is 1. The third-order valence-electron chi connectivity index (χ3n) is 3.48. The van der Waals surface area contributed by atoms with Gasteiger partial charge in [-0.25, -0.2) is 0 Å². The van der Waals surface area contributed by atoms with E-state index in [9.17, 15) is 4.79 Å². The van der Waals surface area contributed by atoms with Gasteiger partial charge in [-0.3, -0.25) is 4.79 Å². The number of ether oxygens (including phenoxy) is 1. The van der Waals surface area contributed by atoms with Crippen LogP contribution in [0.4, 0.5) is 0 Å². The van der Waals surface area contributed by atoms with Gasteiger partial charge in [-0.05, 0) is 12.1 Å². The Balaban J connectivity index is 2.02. The van der Waals surface area contributed by atoms with Crippen molar-refractivity contribution < 1.29 is 9.53 Å². The summed E-state index contributed by atoms with van der Waals surface area (Å²) >= 11 is 5.66. The van der Waals surface area contributed by atoms with Gasteiger partial charge < -0.3 is 14.2 Å². The molecule has 1 fully saturated rings. The van der Waals surface area contributed by atoms with Crippen molar-refractivity contribution in [1.82, 2.24) is 9.47 Å². The number of hydrogen-bond donors (Lipinski definition) is 0. The minimum Gasteiger partial charge on any atom is -0.376 e. The molecule has 2 aliphatic rings. The molecule has 0 atom stereocenters. The van der Waals surface area contributed by atoms with E-state index in [4.69, 9.17) is 16.3 Å². The fourth-order valence-corrected chi connectivity index (χ4v) is 2.77. The van der Waals surface area contributed by atoms with Crippen LogP contribution >= 0.6 is 11.6 Å². The van der Waals surface area contributed by atoms with Gasteiger partial charge >= 0.3 is 0 Å². The van der Waals surface area contributed by atoms with Gasteiger partial charge in [0.2, 0.25) is 5.91 Å². The topological polar surface area (TPSA) is 34.5 Å². The lowest BCUT2D eigenvalue weighted by atomic mass is 9.88. The van der Waals surface area contributed by atoms with Crippen LogP contribution < -0.4 is 0 Å². The molecule has 0 bridgehead atoms. The zero-order valence-electron chi connectivity index (χ0n) is 8.86. The highest BCUT2D eigenvalue weighted by molar-refractivity contribution is 6.27. The van der Waals surface area contributed by atoms with Crippen LogP contribution in [0.1, 0.15) is 5.69 Å². The van der Waals surface area contributed by atoms with Crippen LogP contribution in [-0.2, 0) is 21.6 Å². The zero-order chi connectivity index (χ0) is 11.2. The predicted octanol–water partition coefficient (Wildman–Crippen LogP) is 0.795. The average Bonchev–Trinajstić information content (AvgIpc) is 2.72. The Kier molecular flexibility index (Phi) is 2.23. The fourth-order valence-electron chi connectivity index (χ4n) is 2.63. The summed E-state index contributed by atoms with van der Waals surface area (Å²) in [7, 11) is 0. The SMILES string of the molecule is O=C(CCl)N1CCn2cccc2C12COC2. The van der Waals surface area contributed by atoms with Crippen molar-refractivity contribution in [3.05, 3.63) is 24.0 Å². The smallest absolute Gasteiger partial charge is 0.238 e. The van der Waals surface area contributed by atoms with E-state index in [0.29, 0.717) is 13.2 Å². The molecule has 0 aromatic carbocycles. The van der Waals surface area contributed by atoms with Gasteiger partial charge in [-0.15, -0.1) is 11.6 Å². The second kappa shape index (κ2) is 3.50. The lowest BCUT2D eigenvalue weighted by Gasteiger charge is -2.52. The Labute approximate surface area is 98.7 Å². The molecule has 1 saturated heterocycles. The van der Waals surface area contributed by atoms with Gasteiger partial charge in [-0.1, -0.05) is 0 Å². The van der Waals surface area contributed by atoms with Crippen molar-refractivity contribution in [3.63, 3.8) is 0 Å². The van der Waals surface area contributed by atoms with Crippen molar-refractivity contribution in [2.24, 2.45) is 0 Å². The summed E-state index contributed by atoms with van der Waals surface area (Å²) in [6.45, 7) is 2.72. The quantitative estimate of drug-likeness (QED) is 0.681. The van der Waals surface area contributed by atoms with Crippen LogP contribution in [0.2, 0.25) is 0 Å². The van der Waals surface area contributed by atoms with Crippen LogP contribution in [0.5, 0.6) is 0 Å². The van der Waals surface area contributed by atoms with Gasteiger partial charge in [0.05, 0.1) is 13.2 Å². The van der Waals surface area contributed by atoms with Gasteiger partial charge in [0.1, 0.15) is 11.4 Å². The summed E-state index contributed by atoms with van der Waals surface area (Å²) in [6.07, 6.45) is 2.05. The molecule has 0 unspecified atom stereocenters. The van der Waals surface area contributed by atoms with Crippen molar-refractivity contribution >= 4 is 17.5 Å². The van der Waals surface area contributed by atoms with Crippen molar-refractivity contribution in [3.8, 4) is 0 Å². The Morgan fingerprint density at radius 1 is 1.50 bits per heavy atom. The molecule has 1 spiro atoms. The first kappa shape index (κ1) is 10.2. The Hall–Kier alpha value is -1.00. The summed E-state index contributed by atoms with van der Waals surface area (Å²) in [5.41, 5.74) is 0.914. The van der Waals surface area contributed by atoms with Gasteiger partial charge in [-0.2, -0.15) is 0 Å². The van der Waals surface area contributed by atoms with Crippen molar-refractivity contribution in [1.29, 1.82) is 0 Å². The Morgan fingerprint density at radius 3 is 2.94 bits per heavy atom. The minimum absolute atomic E-state index is 0.00239. The molecule has 2 aliphatic heterocycles. The predicted molar refractivity (Wildman–Crippen MR) is 59.4 cm³/mol. The van der Waals surface area contributed by atoms with Crippen molar-refractivity contribution in [2.45, 2.75) is 12.1 Å². The number of nitrogens with zero attached hydrogens (tertiary/aromatic N) is 2. The highest BCUT2D eigenvalue weighted by atomic mass is 35.5. The summed E-state index contributed by atoms with van der Waals surface area (Å²) in [5, 5.41) is 0. The first-order chi connectivity index (χ1) is 7.78.